The van der Waals surface area contributed by atoms with E-state index in [1.165, 1.54) is 11.1 Å². The lowest BCUT2D eigenvalue weighted by Gasteiger charge is -2.26. The van der Waals surface area contributed by atoms with Gasteiger partial charge in [0.2, 0.25) is 0 Å². The van der Waals surface area contributed by atoms with Crippen molar-refractivity contribution in [3.8, 4) is 11.5 Å². The highest BCUT2D eigenvalue weighted by Gasteiger charge is 2.22. The largest absolute Gasteiger partial charge is 0.496 e. The van der Waals surface area contributed by atoms with Gasteiger partial charge in [0.25, 0.3) is 5.91 Å². The van der Waals surface area contributed by atoms with E-state index in [4.69, 9.17) is 9.47 Å². The van der Waals surface area contributed by atoms with Crippen molar-refractivity contribution < 1.29 is 14.3 Å². The van der Waals surface area contributed by atoms with Crippen LogP contribution >= 0.6 is 0 Å². The molecule has 34 heavy (non-hydrogen) atoms. The fraction of sp³-hybridized carbons (Fsp3) is 0.172. The van der Waals surface area contributed by atoms with E-state index in [1.54, 1.807) is 13.3 Å². The van der Waals surface area contributed by atoms with Crippen LogP contribution < -0.4 is 14.9 Å². The van der Waals surface area contributed by atoms with Gasteiger partial charge in [-0.1, -0.05) is 86.6 Å². The van der Waals surface area contributed by atoms with Crippen LogP contribution in [0.1, 0.15) is 30.5 Å². The van der Waals surface area contributed by atoms with Gasteiger partial charge < -0.3 is 9.47 Å². The number of nitrogens with zero attached hydrogens (tertiary/aromatic N) is 1. The standard InChI is InChI=1S/C29H28N2O3/c1-29(2,22-10-5-4-6-11-22)23-14-16-24(17-15-23)34-20-28(32)31-30-19-26-25-12-8-7-9-21(25)13-18-27(26)33-3/h4-19H,20H2,1-3H3,(H,31,32)/b30-19+. The van der Waals surface area contributed by atoms with Crippen LogP contribution in [-0.4, -0.2) is 25.8 Å². The molecule has 4 rings (SSSR count). The molecule has 0 aliphatic heterocycles. The fourth-order valence-corrected chi connectivity index (χ4v) is 3.93. The minimum Gasteiger partial charge on any atom is -0.496 e. The summed E-state index contributed by atoms with van der Waals surface area (Å²) >= 11 is 0. The summed E-state index contributed by atoms with van der Waals surface area (Å²) in [5, 5.41) is 6.17. The summed E-state index contributed by atoms with van der Waals surface area (Å²) in [5.74, 6) is 0.970. The molecule has 0 aliphatic rings. The van der Waals surface area contributed by atoms with Crippen molar-refractivity contribution in [2.75, 3.05) is 13.7 Å². The Morgan fingerprint density at radius 3 is 2.29 bits per heavy atom. The van der Waals surface area contributed by atoms with Crippen LogP contribution in [0.4, 0.5) is 0 Å². The number of nitrogens with one attached hydrogen (secondary N) is 1. The second kappa shape index (κ2) is 10.2. The van der Waals surface area contributed by atoms with E-state index in [1.807, 2.05) is 78.9 Å². The summed E-state index contributed by atoms with van der Waals surface area (Å²) in [7, 11) is 1.61. The first kappa shape index (κ1) is 23.1. The maximum atomic E-state index is 12.3. The summed E-state index contributed by atoms with van der Waals surface area (Å²) in [6, 6.07) is 30.0. The van der Waals surface area contributed by atoms with Gasteiger partial charge in [0, 0.05) is 11.0 Å². The van der Waals surface area contributed by atoms with Gasteiger partial charge in [-0.15, -0.1) is 0 Å². The van der Waals surface area contributed by atoms with E-state index in [2.05, 4.69) is 36.5 Å². The number of amides is 1. The van der Waals surface area contributed by atoms with Gasteiger partial charge in [-0.25, -0.2) is 5.43 Å². The van der Waals surface area contributed by atoms with Crippen molar-refractivity contribution in [3.05, 3.63) is 108 Å². The van der Waals surface area contributed by atoms with Crippen molar-refractivity contribution >= 4 is 22.9 Å². The Hall–Kier alpha value is -4.12. The topological polar surface area (TPSA) is 59.9 Å². The lowest BCUT2D eigenvalue weighted by atomic mass is 9.78. The number of fused-ring (bicyclic) bond motifs is 1. The highest BCUT2D eigenvalue weighted by atomic mass is 16.5. The van der Waals surface area contributed by atoms with Gasteiger partial charge in [-0.2, -0.15) is 5.10 Å². The Kier molecular flexibility index (Phi) is 6.93. The first-order chi connectivity index (χ1) is 16.5. The molecule has 5 nitrogen and oxygen atoms in total. The Balaban J connectivity index is 1.36. The van der Waals surface area contributed by atoms with Gasteiger partial charge in [0.15, 0.2) is 6.61 Å². The number of hydrogen-bond acceptors (Lipinski definition) is 4. The molecule has 0 radical (unpaired) electrons. The van der Waals surface area contributed by atoms with Crippen LogP contribution in [0.3, 0.4) is 0 Å². The molecule has 172 valence electrons. The van der Waals surface area contributed by atoms with Gasteiger partial charge in [-0.05, 0) is 40.1 Å². The summed E-state index contributed by atoms with van der Waals surface area (Å²) < 4.78 is 11.1. The van der Waals surface area contributed by atoms with Crippen LogP contribution in [0.15, 0.2) is 96.1 Å². The van der Waals surface area contributed by atoms with Gasteiger partial charge in [0.1, 0.15) is 11.5 Å². The molecule has 4 aromatic rings. The molecule has 4 aromatic carbocycles. The van der Waals surface area contributed by atoms with Crippen molar-refractivity contribution in [2.24, 2.45) is 5.10 Å². The van der Waals surface area contributed by atoms with Gasteiger partial charge in [0.05, 0.1) is 13.3 Å². The molecule has 0 atom stereocenters. The summed E-state index contributed by atoms with van der Waals surface area (Å²) in [5.41, 5.74) is 5.61. The SMILES string of the molecule is COc1ccc2ccccc2c1/C=N/NC(=O)COc1ccc(C(C)(C)c2ccccc2)cc1. The zero-order chi connectivity index (χ0) is 24.0. The molecule has 0 fully saturated rings. The molecule has 5 heteroatoms. The van der Waals surface area contributed by atoms with Crippen LogP contribution in [-0.2, 0) is 10.2 Å². The molecular weight excluding hydrogens is 424 g/mol. The van der Waals surface area contributed by atoms with E-state index in [0.29, 0.717) is 11.5 Å². The lowest BCUT2D eigenvalue weighted by Crippen LogP contribution is -2.24. The Labute approximate surface area is 200 Å². The summed E-state index contributed by atoms with van der Waals surface area (Å²) in [6.45, 7) is 4.24. The fourth-order valence-electron chi connectivity index (χ4n) is 3.93. The highest BCUT2D eigenvalue weighted by Crippen LogP contribution is 2.32. The molecule has 1 N–H and O–H groups in total. The van der Waals surface area contributed by atoms with Crippen LogP contribution in [0.2, 0.25) is 0 Å². The first-order valence-corrected chi connectivity index (χ1v) is 11.2. The van der Waals surface area contributed by atoms with Crippen LogP contribution in [0, 0.1) is 0 Å². The zero-order valence-corrected chi connectivity index (χ0v) is 19.6. The number of hydrazone groups is 1. The Morgan fingerprint density at radius 2 is 1.56 bits per heavy atom. The number of carbonyl (C=O) groups is 1. The Bertz CT molecular complexity index is 1300. The van der Waals surface area contributed by atoms with Crippen molar-refractivity contribution in [1.82, 2.24) is 5.43 Å². The van der Waals surface area contributed by atoms with Gasteiger partial charge >= 0.3 is 0 Å². The minimum atomic E-state index is -0.343. The van der Waals surface area contributed by atoms with Crippen LogP contribution in [0.25, 0.3) is 10.8 Å². The second-order valence-corrected chi connectivity index (χ2v) is 8.50. The second-order valence-electron chi connectivity index (χ2n) is 8.50. The number of rotatable bonds is 8. The predicted octanol–water partition coefficient (Wildman–Crippen LogP) is 5.70. The van der Waals surface area contributed by atoms with Crippen molar-refractivity contribution in [3.63, 3.8) is 0 Å². The highest BCUT2D eigenvalue weighted by molar-refractivity contribution is 6.02. The summed E-state index contributed by atoms with van der Waals surface area (Å²) in [6.07, 6.45) is 1.60. The van der Waals surface area contributed by atoms with Crippen molar-refractivity contribution in [1.29, 1.82) is 0 Å². The number of benzene rings is 4. The zero-order valence-electron chi connectivity index (χ0n) is 19.6. The molecule has 0 saturated carbocycles. The average molecular weight is 453 g/mol. The Morgan fingerprint density at radius 1 is 0.882 bits per heavy atom. The first-order valence-electron chi connectivity index (χ1n) is 11.2. The lowest BCUT2D eigenvalue weighted by molar-refractivity contribution is -0.123. The third kappa shape index (κ3) is 5.09. The van der Waals surface area contributed by atoms with E-state index in [-0.39, 0.29) is 17.9 Å². The maximum Gasteiger partial charge on any atom is 0.277 e. The predicted molar refractivity (Wildman–Crippen MR) is 137 cm³/mol. The van der Waals surface area contributed by atoms with E-state index in [0.717, 1.165) is 16.3 Å². The molecule has 0 unspecified atom stereocenters. The van der Waals surface area contributed by atoms with Crippen LogP contribution in [0.5, 0.6) is 11.5 Å². The van der Waals surface area contributed by atoms with Crippen molar-refractivity contribution in [2.45, 2.75) is 19.3 Å². The molecule has 0 aromatic heterocycles. The molecule has 0 aliphatic carbocycles. The third-order valence-electron chi connectivity index (χ3n) is 5.97. The van der Waals surface area contributed by atoms with Gasteiger partial charge in [-0.3, -0.25) is 4.79 Å². The maximum absolute atomic E-state index is 12.3. The van der Waals surface area contributed by atoms with E-state index in [9.17, 15) is 4.79 Å². The molecule has 0 heterocycles. The average Bonchev–Trinajstić information content (AvgIpc) is 2.88. The van der Waals surface area contributed by atoms with E-state index >= 15 is 0 Å². The number of hydrogen-bond donors (Lipinski definition) is 1. The minimum absolute atomic E-state index is 0.130. The number of methoxy groups -OCH3 is 1. The van der Waals surface area contributed by atoms with E-state index < -0.39 is 0 Å². The molecule has 0 saturated heterocycles. The molecule has 1 amide bonds. The summed E-state index contributed by atoms with van der Waals surface area (Å²) in [4.78, 5) is 12.3. The molecule has 0 bridgehead atoms. The third-order valence-corrected chi connectivity index (χ3v) is 5.97. The normalized spacial score (nSPS) is 11.5. The number of carbonyl (C=O) groups excluding carboxylic acids is 1. The molecule has 0 spiro atoms. The quantitative estimate of drug-likeness (QED) is 0.275. The monoisotopic (exact) mass is 452 g/mol. The smallest absolute Gasteiger partial charge is 0.277 e. The number of ether oxygens (including phenoxy) is 2. The molecular formula is C29H28N2O3.